The van der Waals surface area contributed by atoms with Crippen LogP contribution in [0.2, 0.25) is 0 Å². The predicted octanol–water partition coefficient (Wildman–Crippen LogP) is 2.76. The van der Waals surface area contributed by atoms with E-state index in [1.807, 2.05) is 30.5 Å². The Morgan fingerprint density at radius 1 is 1.33 bits per heavy atom. The molecule has 0 amide bonds. The largest absolute Gasteiger partial charge is 0.441 e. The summed E-state index contributed by atoms with van der Waals surface area (Å²) in [7, 11) is 0. The molecule has 3 rings (SSSR count). The molecule has 0 fully saturated rings. The third-order valence-corrected chi connectivity index (χ3v) is 3.58. The second-order valence-electron chi connectivity index (χ2n) is 5.20. The van der Waals surface area contributed by atoms with E-state index in [4.69, 9.17) is 15.2 Å². The highest BCUT2D eigenvalue weighted by molar-refractivity contribution is 5.86. The summed E-state index contributed by atoms with van der Waals surface area (Å²) in [5, 5.41) is 0.990. The molecule has 0 aliphatic carbocycles. The lowest BCUT2D eigenvalue weighted by Gasteiger charge is -2.12. The molecule has 1 atom stereocenters. The molecule has 2 aromatic heterocycles. The van der Waals surface area contributed by atoms with Crippen molar-refractivity contribution in [2.75, 3.05) is 0 Å². The number of rotatable bonds is 5. The fraction of sp³-hybridized carbons (Fsp3) is 0.235. The molecule has 0 spiro atoms. The van der Waals surface area contributed by atoms with Gasteiger partial charge in [0.1, 0.15) is 17.8 Å². The van der Waals surface area contributed by atoms with Gasteiger partial charge in [-0.25, -0.2) is 9.97 Å². The van der Waals surface area contributed by atoms with E-state index in [0.717, 1.165) is 17.4 Å². The van der Waals surface area contributed by atoms with E-state index in [2.05, 4.69) is 21.5 Å². The van der Waals surface area contributed by atoms with Crippen LogP contribution in [0.25, 0.3) is 10.9 Å². The van der Waals surface area contributed by atoms with Gasteiger partial charge in [-0.15, -0.1) is 0 Å². The maximum absolute atomic E-state index is 11.0. The maximum Gasteiger partial charge on any atom is 0.304 e. The molecule has 0 bridgehead atoms. The molecule has 1 unspecified atom stereocenters. The molecule has 124 valence electrons. The molecule has 2 heterocycles. The Kier molecular flexibility index (Phi) is 4.43. The van der Waals surface area contributed by atoms with Crippen molar-refractivity contribution in [3.63, 3.8) is 0 Å². The summed E-state index contributed by atoms with van der Waals surface area (Å²) < 4.78 is 12.9. The van der Waals surface area contributed by atoms with Crippen molar-refractivity contribution < 1.29 is 14.3 Å². The van der Waals surface area contributed by atoms with Crippen molar-refractivity contribution in [3.8, 4) is 11.6 Å². The van der Waals surface area contributed by atoms with Gasteiger partial charge in [-0.2, -0.15) is 0 Å². The number of fused-ring (bicyclic) bond motifs is 1. The van der Waals surface area contributed by atoms with Crippen LogP contribution in [-0.2, 0) is 16.1 Å². The topological polar surface area (TPSA) is 92.3 Å². The van der Waals surface area contributed by atoms with Crippen LogP contribution in [-0.4, -0.2) is 20.5 Å². The number of esters is 1. The van der Waals surface area contributed by atoms with Gasteiger partial charge in [-0.1, -0.05) is 6.07 Å². The van der Waals surface area contributed by atoms with Crippen molar-refractivity contribution >= 4 is 16.9 Å². The molecule has 3 aromatic rings. The predicted molar refractivity (Wildman–Crippen MR) is 88.4 cm³/mol. The number of carbonyl (C=O) groups is 1. The van der Waals surface area contributed by atoms with Crippen molar-refractivity contribution in [1.29, 1.82) is 0 Å². The van der Waals surface area contributed by atoms with Gasteiger partial charge in [-0.3, -0.25) is 10.5 Å². The Balaban J connectivity index is 1.89. The molecule has 7 heteroatoms. The number of ether oxygens (including phenoxy) is 2. The summed E-state index contributed by atoms with van der Waals surface area (Å²) in [4.78, 5) is 19.1. The second-order valence-corrected chi connectivity index (χ2v) is 5.20. The molecule has 0 aliphatic heterocycles. The highest BCUT2D eigenvalue weighted by Crippen LogP contribution is 2.30. The molecular weight excluding hydrogens is 308 g/mol. The summed E-state index contributed by atoms with van der Waals surface area (Å²) in [6, 6.07) is 9.39. The first-order chi connectivity index (χ1) is 11.6. The molecule has 0 aliphatic rings. The first-order valence-electron chi connectivity index (χ1n) is 7.59. The van der Waals surface area contributed by atoms with Crippen molar-refractivity contribution in [2.24, 2.45) is 5.73 Å². The minimum Gasteiger partial charge on any atom is -0.441 e. The molecule has 2 N–H and O–H groups in total. The van der Waals surface area contributed by atoms with Crippen LogP contribution in [0.1, 0.15) is 25.8 Å². The molecule has 0 saturated heterocycles. The number of nitrogens with two attached hydrogens (primary N) is 1. The van der Waals surface area contributed by atoms with Crippen LogP contribution >= 0.6 is 0 Å². The summed E-state index contributed by atoms with van der Waals surface area (Å²) in [5.74, 6) is 0.541. The minimum absolute atomic E-state index is 0.333. The standard InChI is InChI=1S/C17H18N4O3/c1-3-21-8-7-12-14(21)5-4-6-15(12)24-16-9-13(19-10-20-16)17(18)23-11(2)22/h4-10,17H,3,18H2,1-2H3. The number of benzene rings is 1. The zero-order valence-electron chi connectivity index (χ0n) is 13.5. The van der Waals surface area contributed by atoms with Crippen LogP contribution in [0.4, 0.5) is 0 Å². The quantitative estimate of drug-likeness (QED) is 0.572. The van der Waals surface area contributed by atoms with E-state index < -0.39 is 12.2 Å². The Bertz CT molecular complexity index is 875. The molecule has 0 radical (unpaired) electrons. The van der Waals surface area contributed by atoms with E-state index in [1.54, 1.807) is 6.07 Å². The fourth-order valence-corrected chi connectivity index (χ4v) is 2.48. The second kappa shape index (κ2) is 6.67. The van der Waals surface area contributed by atoms with Gasteiger partial charge in [-0.05, 0) is 25.1 Å². The van der Waals surface area contributed by atoms with Gasteiger partial charge in [0.2, 0.25) is 5.88 Å². The number of nitrogens with zero attached hydrogens (tertiary/aromatic N) is 3. The number of carbonyl (C=O) groups excluding carboxylic acids is 1. The molecular formula is C17H18N4O3. The molecule has 0 saturated carbocycles. The third kappa shape index (κ3) is 3.21. The van der Waals surface area contributed by atoms with E-state index in [9.17, 15) is 4.79 Å². The normalized spacial score (nSPS) is 12.1. The highest BCUT2D eigenvalue weighted by Gasteiger charge is 2.13. The van der Waals surface area contributed by atoms with Crippen LogP contribution in [0, 0.1) is 0 Å². The highest BCUT2D eigenvalue weighted by atomic mass is 16.6. The zero-order valence-corrected chi connectivity index (χ0v) is 13.5. The average Bonchev–Trinajstić information content (AvgIpc) is 2.99. The lowest BCUT2D eigenvalue weighted by atomic mass is 10.2. The fourth-order valence-electron chi connectivity index (χ4n) is 2.48. The Morgan fingerprint density at radius 3 is 2.92 bits per heavy atom. The Morgan fingerprint density at radius 2 is 2.17 bits per heavy atom. The third-order valence-electron chi connectivity index (χ3n) is 3.58. The average molecular weight is 326 g/mol. The minimum atomic E-state index is -0.954. The SMILES string of the molecule is CCn1ccc2c(Oc3cc(C(N)OC(C)=O)ncn3)cccc21. The first kappa shape index (κ1) is 15.9. The van der Waals surface area contributed by atoms with Crippen LogP contribution in [0.3, 0.4) is 0 Å². The Hall–Kier alpha value is -2.93. The maximum atomic E-state index is 11.0. The van der Waals surface area contributed by atoms with E-state index in [1.165, 1.54) is 13.3 Å². The van der Waals surface area contributed by atoms with E-state index >= 15 is 0 Å². The van der Waals surface area contributed by atoms with Crippen molar-refractivity contribution in [1.82, 2.24) is 14.5 Å². The van der Waals surface area contributed by atoms with Crippen LogP contribution in [0.15, 0.2) is 42.9 Å². The number of aryl methyl sites for hydroxylation is 1. The van der Waals surface area contributed by atoms with Gasteiger partial charge in [0.15, 0.2) is 6.23 Å². The van der Waals surface area contributed by atoms with E-state index in [-0.39, 0.29) is 0 Å². The number of hydrogen-bond acceptors (Lipinski definition) is 6. The summed E-state index contributed by atoms with van der Waals surface area (Å²) in [6.07, 6.45) is 2.38. The summed E-state index contributed by atoms with van der Waals surface area (Å²) in [6.45, 7) is 4.25. The van der Waals surface area contributed by atoms with Gasteiger partial charge >= 0.3 is 5.97 Å². The summed E-state index contributed by atoms with van der Waals surface area (Å²) in [5.41, 5.74) is 7.23. The lowest BCUT2D eigenvalue weighted by Crippen LogP contribution is -2.18. The zero-order chi connectivity index (χ0) is 17.1. The molecule has 7 nitrogen and oxygen atoms in total. The van der Waals surface area contributed by atoms with Gasteiger partial charge < -0.3 is 14.0 Å². The number of hydrogen-bond donors (Lipinski definition) is 1. The van der Waals surface area contributed by atoms with Crippen LogP contribution in [0.5, 0.6) is 11.6 Å². The molecule has 24 heavy (non-hydrogen) atoms. The number of aromatic nitrogens is 3. The van der Waals surface area contributed by atoms with Gasteiger partial charge in [0.25, 0.3) is 0 Å². The van der Waals surface area contributed by atoms with Crippen molar-refractivity contribution in [2.45, 2.75) is 26.6 Å². The van der Waals surface area contributed by atoms with Crippen LogP contribution < -0.4 is 10.5 Å². The van der Waals surface area contributed by atoms with Gasteiger partial charge in [0, 0.05) is 31.1 Å². The monoisotopic (exact) mass is 326 g/mol. The summed E-state index contributed by atoms with van der Waals surface area (Å²) >= 11 is 0. The Labute approximate surface area is 139 Å². The first-order valence-corrected chi connectivity index (χ1v) is 7.59. The lowest BCUT2D eigenvalue weighted by molar-refractivity contribution is -0.146. The molecule has 1 aromatic carbocycles. The smallest absolute Gasteiger partial charge is 0.304 e. The van der Waals surface area contributed by atoms with E-state index in [0.29, 0.717) is 17.3 Å². The van der Waals surface area contributed by atoms with Gasteiger partial charge in [0.05, 0.1) is 5.52 Å². The van der Waals surface area contributed by atoms with Crippen molar-refractivity contribution in [3.05, 3.63) is 48.5 Å².